The standard InChI is InChI=1S/C9H14O4.Na.H/c10-8(11)7(9(12)13)6-4-2-1-3-5-6;;/h6-7H,1-5H2,(H,10,11)(H,12,13);;/q;+1;-1. The second-order valence-corrected chi connectivity index (χ2v) is 3.55. The van der Waals surface area contributed by atoms with Gasteiger partial charge < -0.3 is 11.6 Å². The first-order valence-corrected chi connectivity index (χ1v) is 4.58. The Hall–Kier alpha value is -0.0600. The average molecular weight is 210 g/mol. The van der Waals surface area contributed by atoms with Crippen LogP contribution in [0.2, 0.25) is 0 Å². The molecular weight excluding hydrogens is 195 g/mol. The summed E-state index contributed by atoms with van der Waals surface area (Å²) in [5.41, 5.74) is 0. The third kappa shape index (κ3) is 3.59. The molecule has 5 heteroatoms. The minimum absolute atomic E-state index is 0. The van der Waals surface area contributed by atoms with Crippen molar-refractivity contribution in [3.63, 3.8) is 0 Å². The number of carboxylic acids is 2. The van der Waals surface area contributed by atoms with E-state index in [1.807, 2.05) is 0 Å². The maximum absolute atomic E-state index is 10.7. The summed E-state index contributed by atoms with van der Waals surface area (Å²) in [5, 5.41) is 17.4. The molecule has 14 heavy (non-hydrogen) atoms. The second kappa shape index (κ2) is 6.43. The number of hydrogen-bond acceptors (Lipinski definition) is 2. The third-order valence-corrected chi connectivity index (χ3v) is 2.65. The Balaban J connectivity index is 0. The Bertz CT molecular complexity index is 202. The molecular formula is C9H15NaO4. The van der Waals surface area contributed by atoms with E-state index in [9.17, 15) is 9.59 Å². The minimum Gasteiger partial charge on any atom is -1.00 e. The van der Waals surface area contributed by atoms with Crippen LogP contribution in [-0.4, -0.2) is 22.2 Å². The van der Waals surface area contributed by atoms with Gasteiger partial charge in [-0.25, -0.2) is 0 Å². The van der Waals surface area contributed by atoms with Crippen molar-refractivity contribution in [2.45, 2.75) is 32.1 Å². The molecule has 0 spiro atoms. The first-order chi connectivity index (χ1) is 6.13. The molecule has 0 unspecified atom stereocenters. The van der Waals surface area contributed by atoms with Gasteiger partial charge in [-0.3, -0.25) is 9.59 Å². The van der Waals surface area contributed by atoms with Crippen LogP contribution in [-0.2, 0) is 9.59 Å². The molecule has 1 saturated carbocycles. The van der Waals surface area contributed by atoms with Gasteiger partial charge in [0.05, 0.1) is 0 Å². The summed E-state index contributed by atoms with van der Waals surface area (Å²) in [5.74, 6) is -3.75. The van der Waals surface area contributed by atoms with Crippen LogP contribution in [0.4, 0.5) is 0 Å². The molecule has 0 atom stereocenters. The fraction of sp³-hybridized carbons (Fsp3) is 0.778. The van der Waals surface area contributed by atoms with Gasteiger partial charge in [0, 0.05) is 0 Å². The van der Waals surface area contributed by atoms with E-state index in [0.29, 0.717) is 0 Å². The average Bonchev–Trinajstić information content (AvgIpc) is 2.04. The molecule has 4 nitrogen and oxygen atoms in total. The summed E-state index contributed by atoms with van der Waals surface area (Å²) in [6.45, 7) is 0. The summed E-state index contributed by atoms with van der Waals surface area (Å²) in [6.07, 6.45) is 4.50. The molecule has 0 amide bonds. The van der Waals surface area contributed by atoms with Gasteiger partial charge in [0.25, 0.3) is 0 Å². The minimum atomic E-state index is -1.19. The molecule has 1 rings (SSSR count). The third-order valence-electron chi connectivity index (χ3n) is 2.65. The summed E-state index contributed by atoms with van der Waals surface area (Å²) in [6, 6.07) is 0. The van der Waals surface area contributed by atoms with Crippen LogP contribution in [0.1, 0.15) is 33.5 Å². The van der Waals surface area contributed by atoms with Crippen LogP contribution < -0.4 is 29.6 Å². The zero-order valence-electron chi connectivity index (χ0n) is 9.40. The molecule has 0 bridgehead atoms. The molecule has 0 aromatic carbocycles. The molecule has 1 aliphatic rings. The van der Waals surface area contributed by atoms with Gasteiger partial charge in [-0.05, 0) is 18.8 Å². The van der Waals surface area contributed by atoms with Crippen molar-refractivity contribution in [2.75, 3.05) is 0 Å². The maximum atomic E-state index is 10.7. The van der Waals surface area contributed by atoms with E-state index in [4.69, 9.17) is 10.2 Å². The van der Waals surface area contributed by atoms with E-state index >= 15 is 0 Å². The van der Waals surface area contributed by atoms with Crippen molar-refractivity contribution >= 4 is 11.9 Å². The molecule has 0 saturated heterocycles. The van der Waals surface area contributed by atoms with Gasteiger partial charge in [-0.2, -0.15) is 0 Å². The van der Waals surface area contributed by atoms with Gasteiger partial charge in [-0.1, -0.05) is 19.3 Å². The molecule has 0 aromatic heterocycles. The number of carboxylic acid groups (broad SMARTS) is 2. The first-order valence-electron chi connectivity index (χ1n) is 4.58. The molecule has 1 aliphatic carbocycles. The molecule has 76 valence electrons. The van der Waals surface area contributed by atoms with Crippen LogP contribution >= 0.6 is 0 Å². The van der Waals surface area contributed by atoms with Crippen LogP contribution in [0, 0.1) is 11.8 Å². The summed E-state index contributed by atoms with van der Waals surface area (Å²) in [4.78, 5) is 21.3. The van der Waals surface area contributed by atoms with E-state index in [1.165, 1.54) is 0 Å². The molecule has 2 N–H and O–H groups in total. The largest absolute Gasteiger partial charge is 1.00 e. The Morgan fingerprint density at radius 2 is 1.50 bits per heavy atom. The van der Waals surface area contributed by atoms with Crippen molar-refractivity contribution in [3.8, 4) is 0 Å². The van der Waals surface area contributed by atoms with E-state index in [-0.39, 0.29) is 36.9 Å². The maximum Gasteiger partial charge on any atom is 1.00 e. The summed E-state index contributed by atoms with van der Waals surface area (Å²) in [7, 11) is 0. The SMILES string of the molecule is O=C(O)C(C(=O)O)C1CCCCC1.[H-].[Na+]. The summed E-state index contributed by atoms with van der Waals surface area (Å²) >= 11 is 0. The Morgan fingerprint density at radius 3 is 1.86 bits per heavy atom. The first kappa shape index (κ1) is 13.9. The molecule has 0 aromatic rings. The van der Waals surface area contributed by atoms with Crippen molar-refractivity contribution in [1.82, 2.24) is 0 Å². The molecule has 0 radical (unpaired) electrons. The Kier molecular flexibility index (Phi) is 6.40. The normalized spacial score (nSPS) is 17.5. The fourth-order valence-corrected chi connectivity index (χ4v) is 1.98. The van der Waals surface area contributed by atoms with Gasteiger partial charge in [-0.15, -0.1) is 0 Å². The smallest absolute Gasteiger partial charge is 1.00 e. The predicted molar refractivity (Wildman–Crippen MR) is 46.4 cm³/mol. The van der Waals surface area contributed by atoms with Crippen molar-refractivity contribution in [2.24, 2.45) is 11.8 Å². The van der Waals surface area contributed by atoms with Crippen LogP contribution in [0.25, 0.3) is 0 Å². The van der Waals surface area contributed by atoms with Gasteiger partial charge in [0.2, 0.25) is 0 Å². The van der Waals surface area contributed by atoms with Gasteiger partial charge >= 0.3 is 41.5 Å². The van der Waals surface area contributed by atoms with Crippen LogP contribution in [0.15, 0.2) is 0 Å². The van der Waals surface area contributed by atoms with E-state index < -0.39 is 17.9 Å². The number of carbonyl (C=O) groups is 2. The number of rotatable bonds is 3. The molecule has 0 heterocycles. The monoisotopic (exact) mass is 210 g/mol. The zero-order chi connectivity index (χ0) is 9.84. The van der Waals surface area contributed by atoms with E-state index in [0.717, 1.165) is 32.1 Å². The van der Waals surface area contributed by atoms with Crippen molar-refractivity contribution in [3.05, 3.63) is 0 Å². The second-order valence-electron chi connectivity index (χ2n) is 3.55. The number of aliphatic carboxylic acids is 2. The molecule has 1 fully saturated rings. The van der Waals surface area contributed by atoms with Crippen LogP contribution in [0.3, 0.4) is 0 Å². The summed E-state index contributed by atoms with van der Waals surface area (Å²) < 4.78 is 0. The van der Waals surface area contributed by atoms with Crippen molar-refractivity contribution < 1.29 is 50.8 Å². The topological polar surface area (TPSA) is 74.6 Å². The van der Waals surface area contributed by atoms with Crippen molar-refractivity contribution in [1.29, 1.82) is 0 Å². The fourth-order valence-electron chi connectivity index (χ4n) is 1.98. The predicted octanol–water partition coefficient (Wildman–Crippen LogP) is -1.53. The van der Waals surface area contributed by atoms with E-state index in [1.54, 1.807) is 0 Å². The number of hydrogen-bond donors (Lipinski definition) is 2. The van der Waals surface area contributed by atoms with Crippen LogP contribution in [0.5, 0.6) is 0 Å². The quantitative estimate of drug-likeness (QED) is 0.437. The molecule has 0 aliphatic heterocycles. The Morgan fingerprint density at radius 1 is 1.07 bits per heavy atom. The van der Waals surface area contributed by atoms with E-state index in [2.05, 4.69) is 0 Å². The Labute approximate surface area is 106 Å². The zero-order valence-corrected chi connectivity index (χ0v) is 10.4. The van der Waals surface area contributed by atoms with Gasteiger partial charge in [0.15, 0.2) is 5.92 Å². The van der Waals surface area contributed by atoms with Gasteiger partial charge in [0.1, 0.15) is 0 Å².